The van der Waals surface area contributed by atoms with Crippen molar-refractivity contribution in [3.8, 4) is 0 Å². The third kappa shape index (κ3) is 1.24. The predicted molar refractivity (Wildman–Crippen MR) is 60.7 cm³/mol. The highest BCUT2D eigenvalue weighted by molar-refractivity contribution is 9.10. The van der Waals surface area contributed by atoms with Crippen LogP contribution in [0.2, 0.25) is 0 Å². The average molecular weight is 271 g/mol. The van der Waals surface area contributed by atoms with Gasteiger partial charge in [0.05, 0.1) is 22.5 Å². The first-order chi connectivity index (χ1) is 7.15. The van der Waals surface area contributed by atoms with Crippen molar-refractivity contribution >= 4 is 15.9 Å². The van der Waals surface area contributed by atoms with E-state index in [0.717, 1.165) is 10.9 Å². The molecule has 1 aromatic rings. The van der Waals surface area contributed by atoms with Crippen LogP contribution >= 0.6 is 15.9 Å². The van der Waals surface area contributed by atoms with Crippen LogP contribution in [0.5, 0.6) is 0 Å². The molecule has 1 aromatic heterocycles. The highest BCUT2D eigenvalue weighted by Crippen LogP contribution is 2.58. The standard InChI is InChI=1S/C11H15BrN2O/c1-7(2)14-10(8(12)6-13-14)11-5-3-4-9(11)15-11/h6-7,9H,3-5H2,1-2H3/t9-,11+/m1/s1. The van der Waals surface area contributed by atoms with Crippen molar-refractivity contribution < 1.29 is 4.74 Å². The smallest absolute Gasteiger partial charge is 0.137 e. The van der Waals surface area contributed by atoms with Crippen LogP contribution in [0.15, 0.2) is 10.7 Å². The molecule has 0 amide bonds. The van der Waals surface area contributed by atoms with Gasteiger partial charge in [-0.25, -0.2) is 0 Å². The summed E-state index contributed by atoms with van der Waals surface area (Å²) in [6.45, 7) is 4.32. The summed E-state index contributed by atoms with van der Waals surface area (Å²) in [6, 6.07) is 0.395. The van der Waals surface area contributed by atoms with Gasteiger partial charge < -0.3 is 4.74 Å². The quantitative estimate of drug-likeness (QED) is 0.774. The highest BCUT2D eigenvalue weighted by atomic mass is 79.9. The number of rotatable bonds is 2. The van der Waals surface area contributed by atoms with Gasteiger partial charge in [-0.3, -0.25) is 4.68 Å². The molecule has 2 fully saturated rings. The summed E-state index contributed by atoms with van der Waals surface area (Å²) in [4.78, 5) is 0. The molecule has 0 N–H and O–H groups in total. The van der Waals surface area contributed by atoms with Crippen molar-refractivity contribution in [3.05, 3.63) is 16.4 Å². The molecule has 82 valence electrons. The van der Waals surface area contributed by atoms with Gasteiger partial charge in [-0.05, 0) is 49.0 Å². The molecular weight excluding hydrogens is 256 g/mol. The molecule has 15 heavy (non-hydrogen) atoms. The number of halogens is 1. The molecule has 0 unspecified atom stereocenters. The van der Waals surface area contributed by atoms with Crippen LogP contribution in [0.25, 0.3) is 0 Å². The van der Waals surface area contributed by atoms with Crippen LogP contribution < -0.4 is 0 Å². The van der Waals surface area contributed by atoms with Crippen LogP contribution in [0.1, 0.15) is 44.8 Å². The number of ether oxygens (including phenoxy) is 1. The fourth-order valence-electron chi connectivity index (χ4n) is 2.74. The fraction of sp³-hybridized carbons (Fsp3) is 0.727. The van der Waals surface area contributed by atoms with Gasteiger partial charge in [0.25, 0.3) is 0 Å². The van der Waals surface area contributed by atoms with E-state index in [9.17, 15) is 0 Å². The molecular formula is C11H15BrN2O. The maximum absolute atomic E-state index is 5.87. The lowest BCUT2D eigenvalue weighted by Gasteiger charge is -2.15. The Morgan fingerprint density at radius 3 is 3.00 bits per heavy atom. The Hall–Kier alpha value is -0.350. The first kappa shape index (κ1) is 9.85. The third-order valence-corrected chi connectivity index (χ3v) is 4.05. The lowest BCUT2D eigenvalue weighted by Crippen LogP contribution is -2.17. The largest absolute Gasteiger partial charge is 0.359 e. The van der Waals surface area contributed by atoms with Crippen molar-refractivity contribution in [1.82, 2.24) is 9.78 Å². The molecule has 1 saturated heterocycles. The molecule has 0 radical (unpaired) electrons. The second-order valence-corrected chi connectivity index (χ2v) is 5.62. The summed E-state index contributed by atoms with van der Waals surface area (Å²) in [5, 5.41) is 4.42. The molecule has 4 heteroatoms. The summed E-state index contributed by atoms with van der Waals surface area (Å²) in [5.74, 6) is 0. The van der Waals surface area contributed by atoms with Gasteiger partial charge in [0, 0.05) is 6.04 Å². The molecule has 1 aliphatic carbocycles. The van der Waals surface area contributed by atoms with Gasteiger partial charge in [-0.15, -0.1) is 0 Å². The minimum Gasteiger partial charge on any atom is -0.359 e. The Balaban J connectivity index is 2.07. The van der Waals surface area contributed by atoms with E-state index < -0.39 is 0 Å². The number of nitrogens with zero attached hydrogens (tertiary/aromatic N) is 2. The normalized spacial score (nSPS) is 33.5. The maximum Gasteiger partial charge on any atom is 0.137 e. The Bertz CT molecular complexity index is 401. The summed E-state index contributed by atoms with van der Waals surface area (Å²) in [7, 11) is 0. The zero-order chi connectivity index (χ0) is 10.6. The van der Waals surface area contributed by atoms with Crippen LogP contribution in [0.4, 0.5) is 0 Å². The number of hydrogen-bond donors (Lipinski definition) is 0. The van der Waals surface area contributed by atoms with Gasteiger partial charge in [0.2, 0.25) is 0 Å². The second kappa shape index (κ2) is 3.08. The Labute approximate surface area is 97.9 Å². The zero-order valence-electron chi connectivity index (χ0n) is 9.03. The molecule has 0 aromatic carbocycles. The van der Waals surface area contributed by atoms with E-state index in [2.05, 4.69) is 39.6 Å². The lowest BCUT2D eigenvalue weighted by atomic mass is 10.0. The molecule has 1 aliphatic heterocycles. The van der Waals surface area contributed by atoms with Crippen molar-refractivity contribution in [3.63, 3.8) is 0 Å². The second-order valence-electron chi connectivity index (χ2n) is 4.77. The molecule has 3 rings (SSSR count). The minimum atomic E-state index is -0.000394. The SMILES string of the molecule is CC(C)n1ncc(Br)c1[C@]12CCC[C@H]1O2. The predicted octanol–water partition coefficient (Wildman–Crippen LogP) is 3.00. The lowest BCUT2D eigenvalue weighted by molar-refractivity contribution is 0.239. The zero-order valence-corrected chi connectivity index (χ0v) is 10.6. The van der Waals surface area contributed by atoms with Crippen molar-refractivity contribution in [2.24, 2.45) is 0 Å². The molecule has 2 atom stereocenters. The Morgan fingerprint density at radius 1 is 1.67 bits per heavy atom. The van der Waals surface area contributed by atoms with Crippen molar-refractivity contribution in [1.29, 1.82) is 0 Å². The van der Waals surface area contributed by atoms with E-state index in [4.69, 9.17) is 4.74 Å². The summed E-state index contributed by atoms with van der Waals surface area (Å²) < 4.78 is 9.06. The summed E-state index contributed by atoms with van der Waals surface area (Å²) in [5.41, 5.74) is 1.25. The van der Waals surface area contributed by atoms with Gasteiger partial charge in [0.1, 0.15) is 5.60 Å². The highest BCUT2D eigenvalue weighted by Gasteiger charge is 2.63. The van der Waals surface area contributed by atoms with E-state index >= 15 is 0 Å². The number of epoxide rings is 1. The van der Waals surface area contributed by atoms with Gasteiger partial charge in [0.15, 0.2) is 0 Å². The molecule has 0 spiro atoms. The van der Waals surface area contributed by atoms with E-state index in [1.54, 1.807) is 0 Å². The topological polar surface area (TPSA) is 30.4 Å². The monoisotopic (exact) mass is 270 g/mol. The first-order valence-electron chi connectivity index (χ1n) is 5.56. The minimum absolute atomic E-state index is 0.000394. The molecule has 1 saturated carbocycles. The molecule has 0 bridgehead atoms. The summed E-state index contributed by atoms with van der Waals surface area (Å²) >= 11 is 3.59. The van der Waals surface area contributed by atoms with Gasteiger partial charge in [-0.2, -0.15) is 5.10 Å². The molecule has 2 heterocycles. The fourth-order valence-corrected chi connectivity index (χ4v) is 3.35. The van der Waals surface area contributed by atoms with Gasteiger partial charge >= 0.3 is 0 Å². The van der Waals surface area contributed by atoms with E-state index in [0.29, 0.717) is 12.1 Å². The van der Waals surface area contributed by atoms with Crippen LogP contribution in [-0.2, 0) is 10.3 Å². The maximum atomic E-state index is 5.87. The van der Waals surface area contributed by atoms with E-state index in [1.807, 2.05) is 6.20 Å². The third-order valence-electron chi connectivity index (χ3n) is 3.47. The van der Waals surface area contributed by atoms with Crippen LogP contribution in [0, 0.1) is 0 Å². The molecule has 3 nitrogen and oxygen atoms in total. The van der Waals surface area contributed by atoms with Crippen LogP contribution in [0.3, 0.4) is 0 Å². The first-order valence-corrected chi connectivity index (χ1v) is 6.36. The number of aromatic nitrogens is 2. The van der Waals surface area contributed by atoms with E-state index in [-0.39, 0.29) is 5.60 Å². The van der Waals surface area contributed by atoms with Crippen molar-refractivity contribution in [2.45, 2.75) is 50.9 Å². The van der Waals surface area contributed by atoms with Crippen molar-refractivity contribution in [2.75, 3.05) is 0 Å². The van der Waals surface area contributed by atoms with E-state index in [1.165, 1.54) is 18.5 Å². The van der Waals surface area contributed by atoms with Gasteiger partial charge in [-0.1, -0.05) is 0 Å². The average Bonchev–Trinajstić information content (AvgIpc) is 2.59. The summed E-state index contributed by atoms with van der Waals surface area (Å²) in [6.07, 6.45) is 5.97. The number of hydrogen-bond acceptors (Lipinski definition) is 2. The number of fused-ring (bicyclic) bond motifs is 1. The Morgan fingerprint density at radius 2 is 2.47 bits per heavy atom. The van der Waals surface area contributed by atoms with Crippen LogP contribution in [-0.4, -0.2) is 15.9 Å². The molecule has 2 aliphatic rings. The Kier molecular flexibility index (Phi) is 2.02.